The lowest BCUT2D eigenvalue weighted by molar-refractivity contribution is -0.114. The van der Waals surface area contributed by atoms with Crippen molar-refractivity contribution in [2.45, 2.75) is 40.0 Å². The van der Waals surface area contributed by atoms with E-state index in [0.717, 1.165) is 5.56 Å². The van der Waals surface area contributed by atoms with Gasteiger partial charge in [-0.15, -0.1) is 0 Å². The molecule has 2 heterocycles. The van der Waals surface area contributed by atoms with Gasteiger partial charge in [-0.05, 0) is 66.4 Å². The van der Waals surface area contributed by atoms with Gasteiger partial charge in [0, 0.05) is 42.0 Å². The summed E-state index contributed by atoms with van der Waals surface area (Å²) in [5.74, 6) is 1.46. The predicted molar refractivity (Wildman–Crippen MR) is 150 cm³/mol. The van der Waals surface area contributed by atoms with Gasteiger partial charge in [-0.1, -0.05) is 32.9 Å². The van der Waals surface area contributed by atoms with E-state index in [9.17, 15) is 9.59 Å². The Labute approximate surface area is 227 Å². The van der Waals surface area contributed by atoms with E-state index in [1.165, 1.54) is 12.5 Å². The zero-order valence-electron chi connectivity index (χ0n) is 22.7. The summed E-state index contributed by atoms with van der Waals surface area (Å²) in [4.78, 5) is 31.8. The van der Waals surface area contributed by atoms with Crippen molar-refractivity contribution in [2.75, 3.05) is 23.6 Å². The zero-order valence-corrected chi connectivity index (χ0v) is 22.7. The number of benzene rings is 3. The number of hydrogen-bond acceptors (Lipinski definition) is 6. The normalized spacial score (nSPS) is 12.3. The van der Waals surface area contributed by atoms with Crippen LogP contribution in [0.2, 0.25) is 0 Å². The molecule has 0 unspecified atom stereocenters. The van der Waals surface area contributed by atoms with Crippen LogP contribution in [-0.4, -0.2) is 30.1 Å². The van der Waals surface area contributed by atoms with Crippen LogP contribution < -0.4 is 19.7 Å². The van der Waals surface area contributed by atoms with Gasteiger partial charge in [0.2, 0.25) is 18.6 Å². The zero-order chi connectivity index (χ0) is 27.7. The molecule has 0 radical (unpaired) electrons. The minimum atomic E-state index is -0.307. The van der Waals surface area contributed by atoms with Crippen molar-refractivity contribution in [3.8, 4) is 34.3 Å². The summed E-state index contributed by atoms with van der Waals surface area (Å²) in [6.45, 7) is 10.4. The second-order valence-electron chi connectivity index (χ2n) is 10.4. The SMILES string of the molecule is CCN(C(=O)c1nc(-c2ccc(C(C)(C)C)cc2)oc1-c1ccc(NC(C)=O)cc1)c1ccc2c(c1)OCO2. The molecule has 0 fully saturated rings. The molecule has 0 aliphatic carbocycles. The summed E-state index contributed by atoms with van der Waals surface area (Å²) in [6.07, 6.45) is 0. The van der Waals surface area contributed by atoms with Crippen LogP contribution in [0, 0.1) is 0 Å². The molecule has 1 N–H and O–H groups in total. The fourth-order valence-corrected chi connectivity index (χ4v) is 4.43. The van der Waals surface area contributed by atoms with Crippen LogP contribution in [-0.2, 0) is 10.2 Å². The molecular formula is C31H31N3O5. The van der Waals surface area contributed by atoms with Crippen molar-refractivity contribution in [3.05, 3.63) is 78.0 Å². The monoisotopic (exact) mass is 525 g/mol. The molecule has 8 nitrogen and oxygen atoms in total. The minimum Gasteiger partial charge on any atom is -0.454 e. The lowest BCUT2D eigenvalue weighted by Gasteiger charge is -2.20. The number of rotatable bonds is 6. The molecule has 0 saturated heterocycles. The summed E-state index contributed by atoms with van der Waals surface area (Å²) >= 11 is 0. The van der Waals surface area contributed by atoms with E-state index in [4.69, 9.17) is 18.9 Å². The highest BCUT2D eigenvalue weighted by molar-refractivity contribution is 6.08. The largest absolute Gasteiger partial charge is 0.454 e. The van der Waals surface area contributed by atoms with Gasteiger partial charge in [0.05, 0.1) is 0 Å². The van der Waals surface area contributed by atoms with E-state index in [1.54, 1.807) is 41.3 Å². The minimum absolute atomic E-state index is 0.00328. The Hall–Kier alpha value is -4.59. The van der Waals surface area contributed by atoms with Crippen molar-refractivity contribution >= 4 is 23.2 Å². The Balaban J connectivity index is 1.56. The molecule has 2 amide bonds. The van der Waals surface area contributed by atoms with Gasteiger partial charge in [-0.3, -0.25) is 9.59 Å². The van der Waals surface area contributed by atoms with E-state index in [1.807, 2.05) is 37.3 Å². The maximum absolute atomic E-state index is 14.0. The molecule has 0 spiro atoms. The quantitative estimate of drug-likeness (QED) is 0.303. The predicted octanol–water partition coefficient (Wildman–Crippen LogP) is 6.66. The first-order valence-electron chi connectivity index (χ1n) is 12.9. The first-order valence-corrected chi connectivity index (χ1v) is 12.9. The highest BCUT2D eigenvalue weighted by atomic mass is 16.7. The molecule has 8 heteroatoms. The van der Waals surface area contributed by atoms with Gasteiger partial charge in [-0.2, -0.15) is 0 Å². The third-order valence-electron chi connectivity index (χ3n) is 6.52. The fraction of sp³-hybridized carbons (Fsp3) is 0.258. The molecule has 0 bridgehead atoms. The molecular weight excluding hydrogens is 494 g/mol. The summed E-state index contributed by atoms with van der Waals surface area (Å²) in [5.41, 5.74) is 4.12. The van der Waals surface area contributed by atoms with Gasteiger partial charge >= 0.3 is 0 Å². The van der Waals surface area contributed by atoms with Gasteiger partial charge in [0.25, 0.3) is 5.91 Å². The first-order chi connectivity index (χ1) is 18.6. The Bertz CT molecular complexity index is 1520. The second-order valence-corrected chi connectivity index (χ2v) is 10.4. The molecule has 0 atom stereocenters. The van der Waals surface area contributed by atoms with Gasteiger partial charge in [0.15, 0.2) is 23.0 Å². The summed E-state index contributed by atoms with van der Waals surface area (Å²) in [6, 6.07) is 20.5. The molecule has 1 aliphatic rings. The van der Waals surface area contributed by atoms with Crippen LogP contribution in [0.5, 0.6) is 11.5 Å². The van der Waals surface area contributed by atoms with Crippen molar-refractivity contribution in [1.29, 1.82) is 0 Å². The lowest BCUT2D eigenvalue weighted by atomic mass is 9.87. The highest BCUT2D eigenvalue weighted by Gasteiger charge is 2.28. The number of aromatic nitrogens is 1. The van der Waals surface area contributed by atoms with Crippen molar-refractivity contribution < 1.29 is 23.5 Å². The number of carbonyl (C=O) groups is 2. The second kappa shape index (κ2) is 10.3. The van der Waals surface area contributed by atoms with Gasteiger partial charge in [-0.25, -0.2) is 4.98 Å². The van der Waals surface area contributed by atoms with E-state index >= 15 is 0 Å². The molecule has 1 aromatic heterocycles. The summed E-state index contributed by atoms with van der Waals surface area (Å²) < 4.78 is 17.2. The van der Waals surface area contributed by atoms with Crippen LogP contribution in [0.4, 0.5) is 11.4 Å². The number of fused-ring (bicyclic) bond motifs is 1. The van der Waals surface area contributed by atoms with Crippen LogP contribution in [0.1, 0.15) is 50.7 Å². The third kappa shape index (κ3) is 5.36. The molecule has 4 aromatic rings. The number of nitrogens with one attached hydrogen (secondary N) is 1. The van der Waals surface area contributed by atoms with Crippen LogP contribution >= 0.6 is 0 Å². The lowest BCUT2D eigenvalue weighted by Crippen LogP contribution is -2.31. The van der Waals surface area contributed by atoms with Crippen LogP contribution in [0.15, 0.2) is 71.1 Å². The van der Waals surface area contributed by atoms with Gasteiger partial charge in [0.1, 0.15) is 0 Å². The average molecular weight is 526 g/mol. The van der Waals surface area contributed by atoms with Crippen molar-refractivity contribution in [1.82, 2.24) is 4.98 Å². The number of ether oxygens (including phenoxy) is 2. The molecule has 1 aliphatic heterocycles. The van der Waals surface area contributed by atoms with E-state index < -0.39 is 0 Å². The van der Waals surface area contributed by atoms with Crippen LogP contribution in [0.3, 0.4) is 0 Å². The topological polar surface area (TPSA) is 93.9 Å². The summed E-state index contributed by atoms with van der Waals surface area (Å²) in [7, 11) is 0. The number of anilines is 2. The standard InChI is InChI=1S/C31H31N3O5/c1-6-34(24-15-16-25-26(17-24)38-18-37-25)30(36)27-28(20-9-13-23(14-10-20)32-19(2)35)39-29(33-27)21-7-11-22(12-8-21)31(3,4)5/h7-17H,6,18H2,1-5H3,(H,32,35). The number of hydrogen-bond donors (Lipinski definition) is 1. The highest BCUT2D eigenvalue weighted by Crippen LogP contribution is 2.37. The summed E-state index contributed by atoms with van der Waals surface area (Å²) in [5, 5.41) is 2.76. The maximum atomic E-state index is 14.0. The molecule has 0 saturated carbocycles. The molecule has 5 rings (SSSR count). The maximum Gasteiger partial charge on any atom is 0.280 e. The Morgan fingerprint density at radius 2 is 1.59 bits per heavy atom. The molecule has 3 aromatic carbocycles. The fourth-order valence-electron chi connectivity index (χ4n) is 4.43. The van der Waals surface area contributed by atoms with Crippen LogP contribution in [0.25, 0.3) is 22.8 Å². The smallest absolute Gasteiger partial charge is 0.280 e. The average Bonchev–Trinajstić information content (AvgIpc) is 3.56. The third-order valence-corrected chi connectivity index (χ3v) is 6.52. The number of amides is 2. The number of carbonyl (C=O) groups excluding carboxylic acids is 2. The van der Waals surface area contributed by atoms with Crippen molar-refractivity contribution in [3.63, 3.8) is 0 Å². The van der Waals surface area contributed by atoms with E-state index in [0.29, 0.717) is 46.6 Å². The van der Waals surface area contributed by atoms with E-state index in [2.05, 4.69) is 26.1 Å². The van der Waals surface area contributed by atoms with Crippen molar-refractivity contribution in [2.24, 2.45) is 0 Å². The Morgan fingerprint density at radius 3 is 2.23 bits per heavy atom. The molecule has 200 valence electrons. The van der Waals surface area contributed by atoms with Gasteiger partial charge < -0.3 is 24.1 Å². The Kier molecular flexibility index (Phi) is 6.87. The molecule has 39 heavy (non-hydrogen) atoms. The Morgan fingerprint density at radius 1 is 0.923 bits per heavy atom. The first kappa shape index (κ1) is 26.0. The van der Waals surface area contributed by atoms with E-state index in [-0.39, 0.29) is 29.7 Å². The number of nitrogens with zero attached hydrogens (tertiary/aromatic N) is 2. The number of oxazole rings is 1.